The van der Waals surface area contributed by atoms with Gasteiger partial charge in [-0.25, -0.2) is 9.67 Å². The summed E-state index contributed by atoms with van der Waals surface area (Å²) in [6, 6.07) is 2.09. The summed E-state index contributed by atoms with van der Waals surface area (Å²) in [5.41, 5.74) is 4.77. The average molecular weight is 646 g/mol. The fourth-order valence-corrected chi connectivity index (χ4v) is 6.36. The molecule has 1 saturated carbocycles. The van der Waals surface area contributed by atoms with Gasteiger partial charge in [0.15, 0.2) is 0 Å². The van der Waals surface area contributed by atoms with Gasteiger partial charge in [0.25, 0.3) is 17.7 Å². The molecule has 0 spiro atoms. The lowest BCUT2D eigenvalue weighted by atomic mass is 9.85. The van der Waals surface area contributed by atoms with Crippen LogP contribution in [0.25, 0.3) is 10.9 Å². The number of nitrogens with one attached hydrogen (secondary N) is 1. The van der Waals surface area contributed by atoms with E-state index in [9.17, 15) is 29.1 Å². The summed E-state index contributed by atoms with van der Waals surface area (Å²) in [6.45, 7) is 4.43. The molecule has 3 aromatic rings. The highest BCUT2D eigenvalue weighted by Gasteiger charge is 2.44. The van der Waals surface area contributed by atoms with Crippen molar-refractivity contribution in [2.45, 2.75) is 89.4 Å². The molecule has 1 saturated heterocycles. The lowest BCUT2D eigenvalue weighted by Crippen LogP contribution is -2.52. The van der Waals surface area contributed by atoms with Crippen molar-refractivity contribution in [3.8, 4) is 0 Å². The van der Waals surface area contributed by atoms with Crippen molar-refractivity contribution in [3.63, 3.8) is 0 Å². The molecule has 4 heterocycles. The smallest absolute Gasteiger partial charge is 0.296 e. The van der Waals surface area contributed by atoms with Crippen LogP contribution in [-0.4, -0.2) is 88.7 Å². The van der Waals surface area contributed by atoms with Gasteiger partial charge in [0.1, 0.15) is 23.0 Å². The van der Waals surface area contributed by atoms with Gasteiger partial charge in [-0.15, -0.1) is 5.10 Å². The van der Waals surface area contributed by atoms with Crippen molar-refractivity contribution in [2.75, 3.05) is 6.54 Å². The zero-order chi connectivity index (χ0) is 33.9. The van der Waals surface area contributed by atoms with Crippen LogP contribution >= 0.6 is 0 Å². The first-order valence-electron chi connectivity index (χ1n) is 15.7. The van der Waals surface area contributed by atoms with Gasteiger partial charge in [0.2, 0.25) is 11.7 Å². The first-order valence-corrected chi connectivity index (χ1v) is 15.7. The monoisotopic (exact) mass is 645 g/mol. The predicted octanol–water partition coefficient (Wildman–Crippen LogP) is 1.40. The fourth-order valence-electron chi connectivity index (χ4n) is 6.36. The van der Waals surface area contributed by atoms with E-state index in [-0.39, 0.29) is 36.7 Å². The Labute approximate surface area is 271 Å². The normalized spacial score (nSPS) is 19.8. The standard InChI is InChI=1S/C32H39N9O6/c1-18(27(42)28(33)43)37-29(44)24-15-20(41-25(16-36-39-41)32(2,3)47)17-40(24)31(46)23(14-19-8-5-4-6-9-19)38-30(45)26-21-10-7-12-34-22(21)11-13-35-26/h7,10-13,16,18-20,24,47H,4-6,8-9,14-15,17H2,1-3H3,(H2,33,43)(H,37,44)/b38-23+/t18?,20-,24-/m0/s1. The molecule has 2 aliphatic rings. The number of hydrogen-bond acceptors (Lipinski definition) is 10. The topological polar surface area (TPSA) is 216 Å². The molecule has 0 aromatic carbocycles. The van der Waals surface area contributed by atoms with E-state index in [1.165, 1.54) is 28.9 Å². The molecule has 4 amide bonds. The largest absolute Gasteiger partial charge is 0.384 e. The summed E-state index contributed by atoms with van der Waals surface area (Å²) in [5.74, 6) is -4.11. The molecule has 4 N–H and O–H groups in total. The van der Waals surface area contributed by atoms with Crippen LogP contribution in [0.1, 0.15) is 87.9 Å². The van der Waals surface area contributed by atoms with Gasteiger partial charge < -0.3 is 21.1 Å². The first-order chi connectivity index (χ1) is 22.3. The predicted molar refractivity (Wildman–Crippen MR) is 169 cm³/mol. The molecule has 0 bridgehead atoms. The molecule has 1 aliphatic carbocycles. The number of primary amides is 1. The number of aliphatic hydroxyl groups is 1. The summed E-state index contributed by atoms with van der Waals surface area (Å²) in [7, 11) is 0. The SMILES string of the molecule is CC(NC(=O)[C@@H]1C[C@H](n2nncc2C(C)(C)O)CN1C(=O)/C(CC1CCCCC1)=N/C(=O)c1nccc2ncccc12)C(=O)C(N)=O. The van der Waals surface area contributed by atoms with Crippen LogP contribution in [0.2, 0.25) is 0 Å². The molecule has 248 valence electrons. The number of nitrogens with zero attached hydrogens (tertiary/aromatic N) is 7. The second-order valence-corrected chi connectivity index (χ2v) is 12.7. The number of ketones is 1. The number of likely N-dealkylation sites (tertiary alicyclic amines) is 1. The van der Waals surface area contributed by atoms with Crippen LogP contribution in [-0.2, 0) is 24.8 Å². The number of nitrogens with two attached hydrogens (primary N) is 1. The number of aromatic nitrogens is 5. The average Bonchev–Trinajstić information content (AvgIpc) is 3.72. The Hall–Kier alpha value is -4.92. The molecule has 3 aromatic heterocycles. The summed E-state index contributed by atoms with van der Waals surface area (Å²) in [6.07, 6.45) is 9.53. The molecule has 2 fully saturated rings. The number of rotatable bonds is 10. The van der Waals surface area contributed by atoms with Gasteiger partial charge in [0, 0.05) is 30.7 Å². The Bertz CT molecular complexity index is 1720. The number of carbonyl (C=O) groups excluding carboxylic acids is 5. The number of amides is 4. The summed E-state index contributed by atoms with van der Waals surface area (Å²) < 4.78 is 1.47. The number of aliphatic imine (C=N–C) groups is 1. The number of pyridine rings is 2. The zero-order valence-electron chi connectivity index (χ0n) is 26.6. The molecule has 15 nitrogen and oxygen atoms in total. The van der Waals surface area contributed by atoms with E-state index in [4.69, 9.17) is 5.73 Å². The van der Waals surface area contributed by atoms with E-state index in [1.54, 1.807) is 38.2 Å². The van der Waals surface area contributed by atoms with Crippen molar-refractivity contribution in [2.24, 2.45) is 16.6 Å². The number of fused-ring (bicyclic) bond motifs is 1. The molecule has 5 rings (SSSR count). The minimum absolute atomic E-state index is 0.00870. The third-order valence-corrected chi connectivity index (χ3v) is 8.81. The van der Waals surface area contributed by atoms with Crippen molar-refractivity contribution in [1.29, 1.82) is 0 Å². The van der Waals surface area contributed by atoms with E-state index >= 15 is 0 Å². The maximum absolute atomic E-state index is 14.5. The Morgan fingerprint density at radius 2 is 1.85 bits per heavy atom. The molecular formula is C32H39N9O6. The van der Waals surface area contributed by atoms with E-state index in [0.717, 1.165) is 32.1 Å². The van der Waals surface area contributed by atoms with E-state index < -0.39 is 53.1 Å². The van der Waals surface area contributed by atoms with Gasteiger partial charge in [-0.05, 0) is 51.3 Å². The Balaban J connectivity index is 1.52. The summed E-state index contributed by atoms with van der Waals surface area (Å²) in [4.78, 5) is 79.7. The van der Waals surface area contributed by atoms with Gasteiger partial charge in [-0.2, -0.15) is 0 Å². The Kier molecular flexibility index (Phi) is 9.84. The fraction of sp³-hybridized carbons (Fsp3) is 0.500. The highest BCUT2D eigenvalue weighted by atomic mass is 16.3. The maximum Gasteiger partial charge on any atom is 0.296 e. The van der Waals surface area contributed by atoms with E-state index in [0.29, 0.717) is 16.6 Å². The van der Waals surface area contributed by atoms with Gasteiger partial charge in [-0.1, -0.05) is 37.3 Å². The molecule has 1 unspecified atom stereocenters. The Morgan fingerprint density at radius 1 is 1.11 bits per heavy atom. The minimum Gasteiger partial charge on any atom is -0.384 e. The van der Waals surface area contributed by atoms with Crippen LogP contribution < -0.4 is 11.1 Å². The molecular weight excluding hydrogens is 606 g/mol. The summed E-state index contributed by atoms with van der Waals surface area (Å²) in [5, 5.41) is 21.8. The number of hydrogen-bond donors (Lipinski definition) is 3. The second-order valence-electron chi connectivity index (χ2n) is 12.7. The number of Topliss-reactive ketones (excluding diaryl/α,β-unsaturated/α-hetero) is 1. The second kappa shape index (κ2) is 13.8. The van der Waals surface area contributed by atoms with Crippen LogP contribution in [0.4, 0.5) is 0 Å². The van der Waals surface area contributed by atoms with Gasteiger partial charge >= 0.3 is 0 Å². The Morgan fingerprint density at radius 3 is 2.55 bits per heavy atom. The molecule has 3 atom stereocenters. The highest BCUT2D eigenvalue weighted by Crippen LogP contribution is 2.33. The van der Waals surface area contributed by atoms with Crippen molar-refractivity contribution in [3.05, 3.63) is 48.2 Å². The summed E-state index contributed by atoms with van der Waals surface area (Å²) >= 11 is 0. The molecule has 47 heavy (non-hydrogen) atoms. The van der Waals surface area contributed by atoms with E-state index in [1.807, 2.05) is 0 Å². The quantitative estimate of drug-likeness (QED) is 0.213. The molecule has 0 radical (unpaired) electrons. The van der Waals surface area contributed by atoms with Crippen molar-refractivity contribution in [1.82, 2.24) is 35.2 Å². The van der Waals surface area contributed by atoms with Crippen LogP contribution in [0.5, 0.6) is 0 Å². The van der Waals surface area contributed by atoms with Crippen LogP contribution in [0, 0.1) is 5.92 Å². The first kappa shape index (κ1) is 33.4. The lowest BCUT2D eigenvalue weighted by molar-refractivity contribution is -0.139. The third-order valence-electron chi connectivity index (χ3n) is 8.81. The highest BCUT2D eigenvalue weighted by molar-refractivity contribution is 6.41. The van der Waals surface area contributed by atoms with Crippen LogP contribution in [0.3, 0.4) is 0 Å². The van der Waals surface area contributed by atoms with Gasteiger partial charge in [0.05, 0.1) is 29.5 Å². The van der Waals surface area contributed by atoms with Gasteiger partial charge in [-0.3, -0.25) is 33.9 Å². The third kappa shape index (κ3) is 7.40. The lowest BCUT2D eigenvalue weighted by Gasteiger charge is -2.27. The van der Waals surface area contributed by atoms with E-state index in [2.05, 4.69) is 30.6 Å². The van der Waals surface area contributed by atoms with Crippen molar-refractivity contribution < 1.29 is 29.1 Å². The minimum atomic E-state index is -1.33. The maximum atomic E-state index is 14.5. The molecule has 15 heteroatoms. The van der Waals surface area contributed by atoms with Crippen molar-refractivity contribution >= 4 is 46.0 Å². The van der Waals surface area contributed by atoms with Crippen LogP contribution in [0.15, 0.2) is 41.8 Å². The zero-order valence-corrected chi connectivity index (χ0v) is 26.6. The number of carbonyl (C=O) groups is 5. The molecule has 1 aliphatic heterocycles.